The van der Waals surface area contributed by atoms with E-state index in [0.717, 1.165) is 11.8 Å². The summed E-state index contributed by atoms with van der Waals surface area (Å²) >= 11 is 2.01. The molecule has 0 amide bonds. The minimum Gasteiger partial charge on any atom is -0.384 e. The molecule has 0 spiro atoms. The summed E-state index contributed by atoms with van der Waals surface area (Å²) in [4.78, 5) is 3.84. The van der Waals surface area contributed by atoms with Crippen molar-refractivity contribution in [3.05, 3.63) is 33.0 Å². The molecule has 108 valence electrons. The highest BCUT2D eigenvalue weighted by Crippen LogP contribution is 2.37. The molecular formula is C14H14F3IN2. The van der Waals surface area contributed by atoms with Crippen LogP contribution < -0.4 is 5.32 Å². The number of hydrogen-bond donors (Lipinski definition) is 1. The number of rotatable bonds is 3. The van der Waals surface area contributed by atoms with E-state index in [-0.39, 0.29) is 5.56 Å². The van der Waals surface area contributed by atoms with Crippen molar-refractivity contribution in [1.29, 1.82) is 0 Å². The summed E-state index contributed by atoms with van der Waals surface area (Å²) in [5.74, 6) is 0. The lowest BCUT2D eigenvalue weighted by molar-refractivity contribution is -0.141. The number of nitrogens with one attached hydrogen (secondary N) is 1. The van der Waals surface area contributed by atoms with Crippen molar-refractivity contribution < 1.29 is 13.2 Å². The van der Waals surface area contributed by atoms with E-state index in [2.05, 4.69) is 10.3 Å². The van der Waals surface area contributed by atoms with Gasteiger partial charge in [0.25, 0.3) is 0 Å². The van der Waals surface area contributed by atoms with Crippen LogP contribution in [0.3, 0.4) is 0 Å². The van der Waals surface area contributed by atoms with Crippen LogP contribution in [0.25, 0.3) is 10.9 Å². The number of anilines is 1. The van der Waals surface area contributed by atoms with Gasteiger partial charge >= 0.3 is 6.18 Å². The van der Waals surface area contributed by atoms with Crippen LogP contribution in [0.1, 0.15) is 24.6 Å². The van der Waals surface area contributed by atoms with E-state index < -0.39 is 11.9 Å². The molecule has 1 aromatic heterocycles. The highest BCUT2D eigenvalue weighted by Gasteiger charge is 2.36. The van der Waals surface area contributed by atoms with Gasteiger partial charge in [0.2, 0.25) is 0 Å². The number of fused-ring (bicyclic) bond motifs is 1. The molecule has 1 heterocycles. The Morgan fingerprint density at radius 1 is 1.30 bits per heavy atom. The number of pyridine rings is 1. The molecular weight excluding hydrogens is 380 g/mol. The molecule has 1 N–H and O–H groups in total. The second kappa shape index (κ2) is 5.75. The van der Waals surface area contributed by atoms with Crippen LogP contribution in [-0.2, 0) is 6.18 Å². The van der Waals surface area contributed by atoms with Crippen molar-refractivity contribution in [3.8, 4) is 0 Å². The first-order valence-corrected chi connectivity index (χ1v) is 7.34. The predicted octanol–water partition coefficient (Wildman–Crippen LogP) is 4.99. The molecule has 6 heteroatoms. The van der Waals surface area contributed by atoms with Crippen molar-refractivity contribution in [2.75, 3.05) is 11.9 Å². The van der Waals surface area contributed by atoms with Crippen molar-refractivity contribution in [2.24, 2.45) is 0 Å². The Balaban J connectivity index is 2.78. The van der Waals surface area contributed by atoms with Crippen LogP contribution in [-0.4, -0.2) is 11.5 Å². The van der Waals surface area contributed by atoms with Crippen LogP contribution in [0.5, 0.6) is 0 Å². The Morgan fingerprint density at radius 3 is 2.60 bits per heavy atom. The van der Waals surface area contributed by atoms with Gasteiger partial charge in [-0.25, -0.2) is 4.98 Å². The van der Waals surface area contributed by atoms with Crippen LogP contribution in [0.4, 0.5) is 18.9 Å². The summed E-state index contributed by atoms with van der Waals surface area (Å²) in [5.41, 5.74) is 0.264. The molecule has 0 saturated carbocycles. The first kappa shape index (κ1) is 15.3. The molecule has 0 bridgehead atoms. The lowest BCUT2D eigenvalue weighted by atomic mass is 10.1. The van der Waals surface area contributed by atoms with Crippen LogP contribution in [0, 0.1) is 10.5 Å². The third kappa shape index (κ3) is 2.84. The lowest BCUT2D eigenvalue weighted by Gasteiger charge is -2.17. The summed E-state index contributed by atoms with van der Waals surface area (Å²) in [6, 6.07) is 5.39. The maximum absolute atomic E-state index is 13.1. The van der Waals surface area contributed by atoms with Crippen molar-refractivity contribution in [3.63, 3.8) is 0 Å². The van der Waals surface area contributed by atoms with E-state index >= 15 is 0 Å². The molecule has 2 rings (SSSR count). The molecule has 0 aliphatic carbocycles. The standard InChI is InChI=1S/C14H14F3IN2/c1-3-7-19-11-8(2)13(14(15,16)17)20-12-9(11)5-4-6-10(12)18/h4-6H,3,7H2,1-2H3,(H,19,20). The number of alkyl halides is 3. The van der Waals surface area contributed by atoms with Gasteiger partial charge in [-0.15, -0.1) is 0 Å². The fourth-order valence-corrected chi connectivity index (χ4v) is 2.72. The normalized spacial score (nSPS) is 11.9. The smallest absolute Gasteiger partial charge is 0.384 e. The van der Waals surface area contributed by atoms with Crippen molar-refractivity contribution in [2.45, 2.75) is 26.4 Å². The zero-order valence-electron chi connectivity index (χ0n) is 11.1. The van der Waals surface area contributed by atoms with E-state index in [0.29, 0.717) is 21.3 Å². The number of para-hydroxylation sites is 1. The maximum atomic E-state index is 13.1. The number of hydrogen-bond acceptors (Lipinski definition) is 2. The van der Waals surface area contributed by atoms with Gasteiger partial charge in [-0.3, -0.25) is 0 Å². The Hall–Kier alpha value is -1.05. The Morgan fingerprint density at radius 2 is 2.00 bits per heavy atom. The highest BCUT2D eigenvalue weighted by molar-refractivity contribution is 14.1. The maximum Gasteiger partial charge on any atom is 0.433 e. The number of benzene rings is 1. The molecule has 0 fully saturated rings. The molecule has 1 aromatic carbocycles. The Bertz CT molecular complexity index is 638. The average Bonchev–Trinajstić information content (AvgIpc) is 2.36. The quantitative estimate of drug-likeness (QED) is 0.743. The van der Waals surface area contributed by atoms with E-state index in [1.165, 1.54) is 6.92 Å². The molecule has 0 aliphatic heterocycles. The summed E-state index contributed by atoms with van der Waals surface area (Å²) < 4.78 is 40.1. The third-order valence-corrected chi connectivity index (χ3v) is 3.90. The van der Waals surface area contributed by atoms with E-state index in [4.69, 9.17) is 0 Å². The lowest BCUT2D eigenvalue weighted by Crippen LogP contribution is -2.14. The number of aromatic nitrogens is 1. The molecule has 0 aliphatic rings. The first-order valence-electron chi connectivity index (χ1n) is 6.26. The van der Waals surface area contributed by atoms with Crippen LogP contribution in [0.2, 0.25) is 0 Å². The summed E-state index contributed by atoms with van der Waals surface area (Å²) in [5, 5.41) is 3.83. The first-order chi connectivity index (χ1) is 9.36. The second-order valence-electron chi connectivity index (χ2n) is 4.52. The number of nitrogens with zero attached hydrogens (tertiary/aromatic N) is 1. The van der Waals surface area contributed by atoms with E-state index in [9.17, 15) is 13.2 Å². The monoisotopic (exact) mass is 394 g/mol. The minimum atomic E-state index is -4.44. The SMILES string of the molecule is CCCNc1c(C)c(C(F)(F)F)nc2c(I)cccc12. The van der Waals surface area contributed by atoms with Crippen LogP contribution >= 0.6 is 22.6 Å². The zero-order chi connectivity index (χ0) is 14.9. The summed E-state index contributed by atoms with van der Waals surface area (Å²) in [6.07, 6.45) is -3.60. The topological polar surface area (TPSA) is 24.9 Å². The van der Waals surface area contributed by atoms with Gasteiger partial charge in [-0.2, -0.15) is 13.2 Å². The Labute approximate surface area is 128 Å². The highest BCUT2D eigenvalue weighted by atomic mass is 127. The molecule has 2 nitrogen and oxygen atoms in total. The molecule has 20 heavy (non-hydrogen) atoms. The summed E-state index contributed by atoms with van der Waals surface area (Å²) in [6.45, 7) is 4.07. The van der Waals surface area contributed by atoms with E-state index in [1.807, 2.05) is 35.6 Å². The molecule has 0 unspecified atom stereocenters. The Kier molecular flexibility index (Phi) is 4.41. The largest absolute Gasteiger partial charge is 0.433 e. The third-order valence-electron chi connectivity index (χ3n) is 3.03. The summed E-state index contributed by atoms with van der Waals surface area (Å²) in [7, 11) is 0. The van der Waals surface area contributed by atoms with Gasteiger partial charge in [0, 0.05) is 26.8 Å². The van der Waals surface area contributed by atoms with Crippen molar-refractivity contribution >= 4 is 39.2 Å². The van der Waals surface area contributed by atoms with Gasteiger partial charge in [0.05, 0.1) is 5.52 Å². The van der Waals surface area contributed by atoms with Crippen molar-refractivity contribution in [1.82, 2.24) is 4.98 Å². The average molecular weight is 394 g/mol. The fourth-order valence-electron chi connectivity index (χ4n) is 2.10. The van der Waals surface area contributed by atoms with Gasteiger partial charge in [-0.1, -0.05) is 19.1 Å². The van der Waals surface area contributed by atoms with Crippen LogP contribution in [0.15, 0.2) is 18.2 Å². The van der Waals surface area contributed by atoms with Gasteiger partial charge in [0.15, 0.2) is 0 Å². The van der Waals surface area contributed by atoms with Gasteiger partial charge < -0.3 is 5.32 Å². The molecule has 0 radical (unpaired) electrons. The molecule has 0 atom stereocenters. The number of halogens is 4. The minimum absolute atomic E-state index is 0.153. The molecule has 0 saturated heterocycles. The predicted molar refractivity (Wildman–Crippen MR) is 83.0 cm³/mol. The van der Waals surface area contributed by atoms with Gasteiger partial charge in [0.1, 0.15) is 5.69 Å². The fraction of sp³-hybridized carbons (Fsp3) is 0.357. The molecule has 2 aromatic rings. The zero-order valence-corrected chi connectivity index (χ0v) is 13.3. The van der Waals surface area contributed by atoms with Gasteiger partial charge in [-0.05, 0) is 42.0 Å². The second-order valence-corrected chi connectivity index (χ2v) is 5.68. The van der Waals surface area contributed by atoms with E-state index in [1.54, 1.807) is 12.1 Å².